The highest BCUT2D eigenvalue weighted by molar-refractivity contribution is 5.94. The molecular formula is C23H18N10O2. The van der Waals surface area contributed by atoms with Crippen LogP contribution in [0.3, 0.4) is 0 Å². The fourth-order valence-corrected chi connectivity index (χ4v) is 4.01. The first-order chi connectivity index (χ1) is 17.2. The second kappa shape index (κ2) is 8.47. The van der Waals surface area contributed by atoms with Crippen LogP contribution in [0.1, 0.15) is 5.56 Å². The van der Waals surface area contributed by atoms with Crippen molar-refractivity contribution in [1.82, 2.24) is 40.0 Å². The summed E-state index contributed by atoms with van der Waals surface area (Å²) in [4.78, 5) is 34.9. The second-order valence-electron chi connectivity index (χ2n) is 7.97. The Hall–Kier alpha value is -4.89. The van der Waals surface area contributed by atoms with Gasteiger partial charge in [-0.05, 0) is 12.1 Å². The highest BCUT2D eigenvalue weighted by Crippen LogP contribution is 2.30. The van der Waals surface area contributed by atoms with E-state index in [0.717, 1.165) is 16.5 Å². The molecule has 5 aromatic heterocycles. The Morgan fingerprint density at radius 3 is 2.77 bits per heavy atom. The number of aromatic amines is 2. The number of ether oxygens (including phenoxy) is 1. The van der Waals surface area contributed by atoms with E-state index in [1.807, 2.05) is 12.1 Å². The monoisotopic (exact) mass is 466 g/mol. The van der Waals surface area contributed by atoms with Gasteiger partial charge in [0, 0.05) is 42.8 Å². The Kier molecular flexibility index (Phi) is 5.01. The number of anilines is 1. The van der Waals surface area contributed by atoms with Gasteiger partial charge in [-0.3, -0.25) is 15.1 Å². The lowest BCUT2D eigenvalue weighted by atomic mass is 10.1. The number of aromatic nitrogens is 7. The Morgan fingerprint density at radius 2 is 1.91 bits per heavy atom. The van der Waals surface area contributed by atoms with Crippen molar-refractivity contribution in [3.05, 3.63) is 48.7 Å². The van der Waals surface area contributed by atoms with Crippen molar-refractivity contribution in [2.45, 2.75) is 0 Å². The Balaban J connectivity index is 1.33. The van der Waals surface area contributed by atoms with E-state index in [1.54, 1.807) is 29.7 Å². The molecule has 6 rings (SSSR count). The van der Waals surface area contributed by atoms with Crippen LogP contribution in [0.5, 0.6) is 0 Å². The molecule has 35 heavy (non-hydrogen) atoms. The molecule has 1 saturated heterocycles. The molecule has 12 nitrogen and oxygen atoms in total. The third-order valence-electron chi connectivity index (χ3n) is 5.78. The lowest BCUT2D eigenvalue weighted by Gasteiger charge is -2.26. The van der Waals surface area contributed by atoms with Crippen molar-refractivity contribution in [2.24, 2.45) is 0 Å². The average Bonchev–Trinajstić information content (AvgIpc) is 3.53. The fraction of sp³-hybridized carbons (Fsp3) is 0.174. The molecule has 0 spiro atoms. The first kappa shape index (κ1) is 20.7. The molecule has 1 fully saturated rings. The van der Waals surface area contributed by atoms with Gasteiger partial charge in [-0.2, -0.15) is 10.4 Å². The van der Waals surface area contributed by atoms with Crippen molar-refractivity contribution < 1.29 is 9.53 Å². The third-order valence-corrected chi connectivity index (χ3v) is 5.78. The SMILES string of the molecule is N#Cc1cncc2[nH]c(-c3[nH]nc4ncc(-c5cncc(NC(=O)N6CCOCC6)c5)cc34)nc12. The number of carbonyl (C=O) groups excluding carboxylic acids is 1. The van der Waals surface area contributed by atoms with E-state index in [1.165, 1.54) is 6.20 Å². The number of hydrogen-bond acceptors (Lipinski definition) is 8. The standard InChI is InChI=1S/C23H18N10O2/c24-7-15-9-26-12-18-19(15)30-22(29-18)20-17-6-14(10-27-21(17)32-31-20)13-5-16(11-25-8-13)28-23(34)33-1-3-35-4-2-33/h5-6,8-12H,1-4H2,(H,28,34)(H,29,30)(H,27,31,32). The molecule has 0 unspecified atom stereocenters. The number of pyridine rings is 3. The van der Waals surface area contributed by atoms with Gasteiger partial charge in [0.25, 0.3) is 0 Å². The zero-order valence-electron chi connectivity index (χ0n) is 18.3. The van der Waals surface area contributed by atoms with Gasteiger partial charge in [0.1, 0.15) is 17.3 Å². The average molecular weight is 466 g/mol. The molecule has 6 heterocycles. The number of morpholine rings is 1. The molecular weight excluding hydrogens is 448 g/mol. The van der Waals surface area contributed by atoms with Crippen LogP contribution in [0.2, 0.25) is 0 Å². The maximum absolute atomic E-state index is 12.5. The van der Waals surface area contributed by atoms with E-state index >= 15 is 0 Å². The summed E-state index contributed by atoms with van der Waals surface area (Å²) < 4.78 is 5.30. The van der Waals surface area contributed by atoms with Gasteiger partial charge in [0.2, 0.25) is 0 Å². The summed E-state index contributed by atoms with van der Waals surface area (Å²) in [7, 11) is 0. The topological polar surface area (TPSA) is 161 Å². The first-order valence-corrected chi connectivity index (χ1v) is 10.9. The largest absolute Gasteiger partial charge is 0.378 e. The van der Waals surface area contributed by atoms with Crippen LogP contribution >= 0.6 is 0 Å². The molecule has 0 saturated carbocycles. The van der Waals surface area contributed by atoms with E-state index in [9.17, 15) is 10.1 Å². The third kappa shape index (κ3) is 3.79. The molecule has 0 radical (unpaired) electrons. The zero-order chi connectivity index (χ0) is 23.8. The summed E-state index contributed by atoms with van der Waals surface area (Å²) >= 11 is 0. The Morgan fingerprint density at radius 1 is 1.09 bits per heavy atom. The maximum atomic E-state index is 12.5. The minimum atomic E-state index is -0.186. The highest BCUT2D eigenvalue weighted by atomic mass is 16.5. The van der Waals surface area contributed by atoms with Gasteiger partial charge in [-0.25, -0.2) is 14.8 Å². The minimum Gasteiger partial charge on any atom is -0.378 e. The number of rotatable bonds is 3. The predicted octanol–water partition coefficient (Wildman–Crippen LogP) is 2.69. The molecule has 2 amide bonds. The Bertz CT molecular complexity index is 1610. The molecule has 0 atom stereocenters. The van der Waals surface area contributed by atoms with Crippen molar-refractivity contribution >= 4 is 33.8 Å². The number of fused-ring (bicyclic) bond motifs is 2. The van der Waals surface area contributed by atoms with Crippen LogP contribution in [-0.4, -0.2) is 72.4 Å². The van der Waals surface area contributed by atoms with Gasteiger partial charge in [-0.15, -0.1) is 0 Å². The predicted molar refractivity (Wildman–Crippen MR) is 126 cm³/mol. The number of nitrogens with zero attached hydrogens (tertiary/aromatic N) is 7. The minimum absolute atomic E-state index is 0.186. The van der Waals surface area contributed by atoms with Crippen molar-refractivity contribution in [3.8, 4) is 28.7 Å². The normalized spacial score (nSPS) is 13.7. The molecule has 3 N–H and O–H groups in total. The van der Waals surface area contributed by atoms with Crippen LogP contribution < -0.4 is 5.32 Å². The summed E-state index contributed by atoms with van der Waals surface area (Å²) in [5.74, 6) is 0.524. The van der Waals surface area contributed by atoms with E-state index < -0.39 is 0 Å². The van der Waals surface area contributed by atoms with E-state index in [0.29, 0.717) is 65.8 Å². The summed E-state index contributed by atoms with van der Waals surface area (Å²) in [5, 5.41) is 20.3. The number of amides is 2. The van der Waals surface area contributed by atoms with Crippen molar-refractivity contribution in [3.63, 3.8) is 0 Å². The van der Waals surface area contributed by atoms with Crippen LogP contribution in [0, 0.1) is 11.3 Å². The van der Waals surface area contributed by atoms with Crippen LogP contribution in [-0.2, 0) is 4.74 Å². The summed E-state index contributed by atoms with van der Waals surface area (Å²) in [6.45, 7) is 2.17. The first-order valence-electron chi connectivity index (χ1n) is 10.9. The number of nitriles is 1. The van der Waals surface area contributed by atoms with Crippen LogP contribution in [0.25, 0.3) is 44.7 Å². The molecule has 12 heteroatoms. The van der Waals surface area contributed by atoms with Crippen molar-refractivity contribution in [1.29, 1.82) is 5.26 Å². The number of imidazole rings is 1. The summed E-state index contributed by atoms with van der Waals surface area (Å²) in [5.41, 5.74) is 4.90. The van der Waals surface area contributed by atoms with Gasteiger partial charge >= 0.3 is 6.03 Å². The molecule has 172 valence electrons. The fourth-order valence-electron chi connectivity index (χ4n) is 4.01. The lowest BCUT2D eigenvalue weighted by molar-refractivity contribution is 0.0564. The highest BCUT2D eigenvalue weighted by Gasteiger charge is 2.18. The Labute approximate surface area is 198 Å². The molecule has 0 bridgehead atoms. The van der Waals surface area contributed by atoms with Crippen LogP contribution in [0.4, 0.5) is 10.5 Å². The molecule has 1 aliphatic rings. The smallest absolute Gasteiger partial charge is 0.322 e. The number of hydrogen-bond donors (Lipinski definition) is 3. The maximum Gasteiger partial charge on any atom is 0.322 e. The van der Waals surface area contributed by atoms with E-state index in [4.69, 9.17) is 4.74 Å². The number of nitrogens with one attached hydrogen (secondary N) is 3. The van der Waals surface area contributed by atoms with E-state index in [-0.39, 0.29) is 6.03 Å². The van der Waals surface area contributed by atoms with Gasteiger partial charge in [0.15, 0.2) is 11.5 Å². The summed E-state index contributed by atoms with van der Waals surface area (Å²) in [6.07, 6.45) is 8.12. The van der Waals surface area contributed by atoms with Gasteiger partial charge in [0.05, 0.1) is 47.8 Å². The number of urea groups is 1. The molecule has 1 aliphatic heterocycles. The van der Waals surface area contributed by atoms with Gasteiger partial charge in [-0.1, -0.05) is 0 Å². The van der Waals surface area contributed by atoms with Crippen LogP contribution in [0.15, 0.2) is 43.1 Å². The quantitative estimate of drug-likeness (QED) is 0.366. The van der Waals surface area contributed by atoms with E-state index in [2.05, 4.69) is 46.5 Å². The molecule has 0 aliphatic carbocycles. The molecule has 5 aromatic rings. The van der Waals surface area contributed by atoms with Crippen molar-refractivity contribution in [2.75, 3.05) is 31.6 Å². The number of H-pyrrole nitrogens is 2. The number of carbonyl (C=O) groups is 1. The van der Waals surface area contributed by atoms with Gasteiger partial charge < -0.3 is 19.9 Å². The molecule has 0 aromatic carbocycles. The second-order valence-corrected chi connectivity index (χ2v) is 7.97. The summed E-state index contributed by atoms with van der Waals surface area (Å²) in [6, 6.07) is 5.70. The zero-order valence-corrected chi connectivity index (χ0v) is 18.3. The lowest BCUT2D eigenvalue weighted by Crippen LogP contribution is -2.43.